The summed E-state index contributed by atoms with van der Waals surface area (Å²) in [6.07, 6.45) is 2.10. The fourth-order valence-electron chi connectivity index (χ4n) is 2.07. The Hall–Kier alpha value is -1.55. The average Bonchev–Trinajstić information content (AvgIpc) is 2.89. The van der Waals surface area contributed by atoms with Gasteiger partial charge in [0.1, 0.15) is 5.82 Å². The molecule has 3 N–H and O–H groups in total. The zero-order chi connectivity index (χ0) is 13.8. The van der Waals surface area contributed by atoms with Crippen LogP contribution in [0.4, 0.5) is 15.8 Å². The van der Waals surface area contributed by atoms with Crippen LogP contribution in [0, 0.1) is 12.7 Å². The molecule has 0 saturated carbocycles. The molecule has 19 heavy (non-hydrogen) atoms. The highest BCUT2D eigenvalue weighted by Gasteiger charge is 2.14. The molecule has 1 atom stereocenters. The number of halogens is 1. The van der Waals surface area contributed by atoms with E-state index in [4.69, 9.17) is 5.73 Å². The van der Waals surface area contributed by atoms with Crippen LogP contribution in [0.2, 0.25) is 0 Å². The summed E-state index contributed by atoms with van der Waals surface area (Å²) >= 11 is 1.73. The van der Waals surface area contributed by atoms with Crippen LogP contribution in [0.15, 0.2) is 29.6 Å². The molecule has 0 bridgehead atoms. The van der Waals surface area contributed by atoms with E-state index in [-0.39, 0.29) is 11.9 Å². The number of nitrogens with two attached hydrogens (primary N) is 1. The lowest BCUT2D eigenvalue weighted by molar-refractivity contribution is 0.619. The Morgan fingerprint density at radius 1 is 1.42 bits per heavy atom. The molecule has 0 aliphatic heterocycles. The van der Waals surface area contributed by atoms with Gasteiger partial charge in [-0.25, -0.2) is 4.39 Å². The van der Waals surface area contributed by atoms with Gasteiger partial charge in [-0.2, -0.15) is 0 Å². The zero-order valence-corrected chi connectivity index (χ0v) is 12.1. The Labute approximate surface area is 117 Å². The zero-order valence-electron chi connectivity index (χ0n) is 11.2. The molecule has 2 rings (SSSR count). The van der Waals surface area contributed by atoms with Crippen molar-refractivity contribution in [3.05, 3.63) is 45.9 Å². The van der Waals surface area contributed by atoms with Crippen LogP contribution in [0.5, 0.6) is 0 Å². The standard InChI is InChI=1S/C15H19FN2S/c1-3-5-13(15-6-4-7-19-15)18-14-8-10(2)11(16)9-12(14)17/h4,6-9,13,18H,3,5,17H2,1-2H3. The summed E-state index contributed by atoms with van der Waals surface area (Å²) in [5.41, 5.74) is 7.77. The quantitative estimate of drug-likeness (QED) is 0.776. The third kappa shape index (κ3) is 3.26. The molecule has 1 aromatic heterocycles. The summed E-state index contributed by atoms with van der Waals surface area (Å²) in [4.78, 5) is 1.28. The largest absolute Gasteiger partial charge is 0.397 e. The van der Waals surface area contributed by atoms with Crippen LogP contribution < -0.4 is 11.1 Å². The van der Waals surface area contributed by atoms with E-state index in [1.54, 1.807) is 24.3 Å². The molecule has 0 amide bonds. The van der Waals surface area contributed by atoms with E-state index in [1.807, 2.05) is 6.07 Å². The van der Waals surface area contributed by atoms with Crippen LogP contribution in [-0.2, 0) is 0 Å². The van der Waals surface area contributed by atoms with Crippen LogP contribution >= 0.6 is 11.3 Å². The molecule has 0 saturated heterocycles. The molecule has 0 radical (unpaired) electrons. The fourth-order valence-corrected chi connectivity index (χ4v) is 2.89. The Bertz CT molecular complexity index is 537. The van der Waals surface area contributed by atoms with Crippen molar-refractivity contribution in [3.8, 4) is 0 Å². The van der Waals surface area contributed by atoms with Crippen molar-refractivity contribution in [2.75, 3.05) is 11.1 Å². The number of aryl methyl sites for hydroxylation is 1. The van der Waals surface area contributed by atoms with E-state index < -0.39 is 0 Å². The Kier molecular flexibility index (Phi) is 4.43. The number of rotatable bonds is 5. The highest BCUT2D eigenvalue weighted by atomic mass is 32.1. The Morgan fingerprint density at radius 2 is 2.21 bits per heavy atom. The lowest BCUT2D eigenvalue weighted by atomic mass is 10.1. The van der Waals surface area contributed by atoms with Crippen molar-refractivity contribution in [1.82, 2.24) is 0 Å². The number of nitrogen functional groups attached to an aromatic ring is 1. The molecule has 0 fully saturated rings. The van der Waals surface area contributed by atoms with Gasteiger partial charge in [-0.1, -0.05) is 19.4 Å². The minimum atomic E-state index is -0.258. The monoisotopic (exact) mass is 278 g/mol. The van der Waals surface area contributed by atoms with Crippen LogP contribution in [0.25, 0.3) is 0 Å². The predicted molar refractivity (Wildman–Crippen MR) is 81.1 cm³/mol. The highest BCUT2D eigenvalue weighted by molar-refractivity contribution is 7.10. The normalized spacial score (nSPS) is 12.4. The van der Waals surface area contributed by atoms with Crippen LogP contribution in [0.3, 0.4) is 0 Å². The molecule has 1 unspecified atom stereocenters. The molecule has 2 nitrogen and oxygen atoms in total. The molecule has 102 valence electrons. The molecular weight excluding hydrogens is 259 g/mol. The Morgan fingerprint density at radius 3 is 2.84 bits per heavy atom. The number of hydrogen-bond donors (Lipinski definition) is 2. The van der Waals surface area contributed by atoms with Gasteiger partial charge in [-0.05, 0) is 42.5 Å². The van der Waals surface area contributed by atoms with E-state index in [0.29, 0.717) is 11.3 Å². The maximum absolute atomic E-state index is 13.4. The molecule has 2 aromatic rings. The lowest BCUT2D eigenvalue weighted by Crippen LogP contribution is -2.11. The van der Waals surface area contributed by atoms with Gasteiger partial charge in [0.15, 0.2) is 0 Å². The first-order valence-electron chi connectivity index (χ1n) is 6.47. The number of benzene rings is 1. The molecule has 4 heteroatoms. The van der Waals surface area contributed by atoms with Crippen LogP contribution in [-0.4, -0.2) is 0 Å². The first kappa shape index (κ1) is 13.9. The summed E-state index contributed by atoms with van der Waals surface area (Å²) < 4.78 is 13.4. The van der Waals surface area contributed by atoms with Crippen molar-refractivity contribution in [3.63, 3.8) is 0 Å². The third-order valence-electron chi connectivity index (χ3n) is 3.12. The minimum absolute atomic E-state index is 0.233. The predicted octanol–water partition coefficient (Wildman–Crippen LogP) is 4.73. The van der Waals surface area contributed by atoms with Crippen molar-refractivity contribution < 1.29 is 4.39 Å². The molecule has 0 spiro atoms. The van der Waals surface area contributed by atoms with E-state index in [0.717, 1.165) is 18.5 Å². The second kappa shape index (κ2) is 6.06. The number of nitrogens with one attached hydrogen (secondary N) is 1. The minimum Gasteiger partial charge on any atom is -0.397 e. The first-order valence-corrected chi connectivity index (χ1v) is 7.35. The van der Waals surface area contributed by atoms with Gasteiger partial charge < -0.3 is 11.1 Å². The van der Waals surface area contributed by atoms with Gasteiger partial charge in [-0.15, -0.1) is 11.3 Å². The van der Waals surface area contributed by atoms with Gasteiger partial charge in [0.2, 0.25) is 0 Å². The topological polar surface area (TPSA) is 38.0 Å². The van der Waals surface area contributed by atoms with E-state index in [9.17, 15) is 4.39 Å². The van der Waals surface area contributed by atoms with Gasteiger partial charge >= 0.3 is 0 Å². The van der Waals surface area contributed by atoms with Gasteiger partial charge in [0, 0.05) is 4.88 Å². The van der Waals surface area contributed by atoms with E-state index in [1.165, 1.54) is 10.9 Å². The molecule has 0 aliphatic rings. The van der Waals surface area contributed by atoms with Gasteiger partial charge in [-0.3, -0.25) is 0 Å². The number of anilines is 2. The van der Waals surface area contributed by atoms with Crippen molar-refractivity contribution in [2.45, 2.75) is 32.7 Å². The summed E-state index contributed by atoms with van der Waals surface area (Å²) in [7, 11) is 0. The average molecular weight is 278 g/mol. The third-order valence-corrected chi connectivity index (χ3v) is 4.11. The second-order valence-corrected chi connectivity index (χ2v) is 5.67. The van der Waals surface area contributed by atoms with Gasteiger partial charge in [0.05, 0.1) is 17.4 Å². The second-order valence-electron chi connectivity index (χ2n) is 4.69. The van der Waals surface area contributed by atoms with Crippen LogP contribution in [0.1, 0.15) is 36.2 Å². The van der Waals surface area contributed by atoms with E-state index >= 15 is 0 Å². The molecule has 0 aliphatic carbocycles. The van der Waals surface area contributed by atoms with Crippen molar-refractivity contribution in [2.24, 2.45) is 0 Å². The summed E-state index contributed by atoms with van der Waals surface area (Å²) in [6, 6.07) is 7.56. The lowest BCUT2D eigenvalue weighted by Gasteiger charge is -2.20. The molecular formula is C15H19FN2S. The summed E-state index contributed by atoms with van der Waals surface area (Å²) in [5, 5.41) is 5.51. The first-order chi connectivity index (χ1) is 9.11. The highest BCUT2D eigenvalue weighted by Crippen LogP contribution is 2.31. The summed E-state index contributed by atoms with van der Waals surface area (Å²) in [5.74, 6) is -0.258. The molecule has 1 heterocycles. The Balaban J connectivity index is 2.24. The summed E-state index contributed by atoms with van der Waals surface area (Å²) in [6.45, 7) is 3.90. The fraction of sp³-hybridized carbons (Fsp3) is 0.333. The maximum atomic E-state index is 13.4. The maximum Gasteiger partial charge on any atom is 0.128 e. The SMILES string of the molecule is CCCC(Nc1cc(C)c(F)cc1N)c1cccs1. The molecule has 1 aromatic carbocycles. The van der Waals surface area contributed by atoms with Gasteiger partial charge in [0.25, 0.3) is 0 Å². The number of thiophene rings is 1. The van der Waals surface area contributed by atoms with Crippen molar-refractivity contribution >= 4 is 22.7 Å². The van der Waals surface area contributed by atoms with E-state index in [2.05, 4.69) is 23.7 Å². The smallest absolute Gasteiger partial charge is 0.128 e. The van der Waals surface area contributed by atoms with Crippen molar-refractivity contribution in [1.29, 1.82) is 0 Å². The number of hydrogen-bond acceptors (Lipinski definition) is 3.